The Balaban J connectivity index is 2.15. The third-order valence-electron chi connectivity index (χ3n) is 3.00. The van der Waals surface area contributed by atoms with Crippen molar-refractivity contribution in [2.24, 2.45) is 0 Å². The molecule has 2 rings (SSSR count). The van der Waals surface area contributed by atoms with Crippen LogP contribution in [0.4, 0.5) is 0 Å². The number of aromatic nitrogens is 1. The average molecular weight is 256 g/mol. The summed E-state index contributed by atoms with van der Waals surface area (Å²) in [4.78, 5) is 4.23. The van der Waals surface area contributed by atoms with Gasteiger partial charge in [0, 0.05) is 12.7 Å². The number of pyridine rings is 1. The van der Waals surface area contributed by atoms with Crippen molar-refractivity contribution in [1.29, 1.82) is 0 Å². The number of hydrogen-bond acceptors (Lipinski definition) is 3. The summed E-state index contributed by atoms with van der Waals surface area (Å²) in [6.45, 7) is 7.99. The largest absolute Gasteiger partial charge is 0.455 e. The third kappa shape index (κ3) is 3.55. The highest BCUT2D eigenvalue weighted by Crippen LogP contribution is 2.27. The second kappa shape index (κ2) is 6.34. The zero-order valence-corrected chi connectivity index (χ0v) is 11.7. The summed E-state index contributed by atoms with van der Waals surface area (Å²) in [5, 5.41) is 3.32. The van der Waals surface area contributed by atoms with Gasteiger partial charge < -0.3 is 10.1 Å². The van der Waals surface area contributed by atoms with Crippen LogP contribution in [0.25, 0.3) is 0 Å². The van der Waals surface area contributed by atoms with E-state index in [4.69, 9.17) is 4.74 Å². The summed E-state index contributed by atoms with van der Waals surface area (Å²) >= 11 is 0. The Kier molecular flexibility index (Phi) is 4.53. The molecule has 1 heterocycles. The molecular weight excluding hydrogens is 236 g/mol. The lowest BCUT2D eigenvalue weighted by Gasteiger charge is -2.11. The lowest BCUT2D eigenvalue weighted by atomic mass is 10.1. The van der Waals surface area contributed by atoms with Crippen LogP contribution in [0.5, 0.6) is 11.5 Å². The van der Waals surface area contributed by atoms with Crippen molar-refractivity contribution in [3.63, 3.8) is 0 Å². The van der Waals surface area contributed by atoms with Gasteiger partial charge in [0.25, 0.3) is 0 Å². The molecule has 0 aliphatic carbocycles. The summed E-state index contributed by atoms with van der Waals surface area (Å²) < 4.78 is 5.92. The van der Waals surface area contributed by atoms with Crippen molar-refractivity contribution in [3.05, 3.63) is 53.3 Å². The molecule has 3 heteroatoms. The first-order valence-electron chi connectivity index (χ1n) is 6.60. The average Bonchev–Trinajstić information content (AvgIpc) is 2.41. The van der Waals surface area contributed by atoms with Gasteiger partial charge in [0.2, 0.25) is 0 Å². The van der Waals surface area contributed by atoms with Gasteiger partial charge in [0.1, 0.15) is 11.5 Å². The van der Waals surface area contributed by atoms with E-state index < -0.39 is 0 Å². The van der Waals surface area contributed by atoms with Gasteiger partial charge in [-0.25, -0.2) is 0 Å². The molecule has 0 atom stereocenters. The smallest absolute Gasteiger partial charge is 0.148 e. The molecule has 0 unspecified atom stereocenters. The molecule has 0 saturated carbocycles. The van der Waals surface area contributed by atoms with Crippen molar-refractivity contribution in [2.45, 2.75) is 27.3 Å². The standard InChI is InChI=1S/C16H20N2O/c1-4-17-11-14-7-8-15(12(2)10-14)19-16-6-5-9-18-13(16)3/h5-10,17H,4,11H2,1-3H3. The molecule has 1 aromatic heterocycles. The Bertz CT molecular complexity index is 552. The van der Waals surface area contributed by atoms with E-state index in [0.717, 1.165) is 35.8 Å². The Hall–Kier alpha value is -1.87. The van der Waals surface area contributed by atoms with Crippen LogP contribution in [0, 0.1) is 13.8 Å². The zero-order valence-electron chi connectivity index (χ0n) is 11.7. The van der Waals surface area contributed by atoms with Crippen LogP contribution in [0.2, 0.25) is 0 Å². The van der Waals surface area contributed by atoms with Crippen molar-refractivity contribution >= 4 is 0 Å². The maximum absolute atomic E-state index is 5.92. The Labute approximate surface area is 114 Å². The molecule has 0 aliphatic heterocycles. The number of benzene rings is 1. The van der Waals surface area contributed by atoms with Gasteiger partial charge in [-0.15, -0.1) is 0 Å². The molecule has 100 valence electrons. The Morgan fingerprint density at radius 3 is 2.68 bits per heavy atom. The molecule has 3 nitrogen and oxygen atoms in total. The van der Waals surface area contributed by atoms with Crippen LogP contribution in [0.15, 0.2) is 36.5 Å². The third-order valence-corrected chi connectivity index (χ3v) is 3.00. The van der Waals surface area contributed by atoms with E-state index in [2.05, 4.69) is 36.3 Å². The SMILES string of the molecule is CCNCc1ccc(Oc2cccnc2C)c(C)c1. The number of rotatable bonds is 5. The molecule has 1 aromatic carbocycles. The molecule has 0 spiro atoms. The number of nitrogens with zero attached hydrogens (tertiary/aromatic N) is 1. The molecule has 0 bridgehead atoms. The van der Waals surface area contributed by atoms with E-state index in [-0.39, 0.29) is 0 Å². The van der Waals surface area contributed by atoms with Crippen molar-refractivity contribution in [3.8, 4) is 11.5 Å². The van der Waals surface area contributed by atoms with Crippen LogP contribution < -0.4 is 10.1 Å². The summed E-state index contributed by atoms with van der Waals surface area (Å²) in [7, 11) is 0. The van der Waals surface area contributed by atoms with Gasteiger partial charge >= 0.3 is 0 Å². The van der Waals surface area contributed by atoms with Gasteiger partial charge in [-0.1, -0.05) is 19.1 Å². The van der Waals surface area contributed by atoms with E-state index in [9.17, 15) is 0 Å². The molecule has 0 amide bonds. The summed E-state index contributed by atoms with van der Waals surface area (Å²) in [6, 6.07) is 10.1. The van der Waals surface area contributed by atoms with Gasteiger partial charge in [-0.2, -0.15) is 0 Å². The van der Waals surface area contributed by atoms with E-state index in [1.54, 1.807) is 6.20 Å². The van der Waals surface area contributed by atoms with Crippen LogP contribution in [0.3, 0.4) is 0 Å². The Morgan fingerprint density at radius 1 is 1.16 bits per heavy atom. The van der Waals surface area contributed by atoms with Gasteiger partial charge in [-0.05, 0) is 49.7 Å². The quantitative estimate of drug-likeness (QED) is 0.887. The number of hydrogen-bond donors (Lipinski definition) is 1. The highest BCUT2D eigenvalue weighted by Gasteiger charge is 2.05. The second-order valence-corrected chi connectivity index (χ2v) is 4.57. The lowest BCUT2D eigenvalue weighted by Crippen LogP contribution is -2.11. The number of aryl methyl sites for hydroxylation is 2. The zero-order chi connectivity index (χ0) is 13.7. The van der Waals surface area contributed by atoms with Crippen LogP contribution in [-0.4, -0.2) is 11.5 Å². The fraction of sp³-hybridized carbons (Fsp3) is 0.312. The fourth-order valence-corrected chi connectivity index (χ4v) is 1.90. The van der Waals surface area contributed by atoms with Crippen LogP contribution in [-0.2, 0) is 6.54 Å². The first kappa shape index (κ1) is 13.6. The number of ether oxygens (including phenoxy) is 1. The van der Waals surface area contributed by atoms with Crippen molar-refractivity contribution < 1.29 is 4.74 Å². The summed E-state index contributed by atoms with van der Waals surface area (Å²) in [5.41, 5.74) is 3.31. The minimum Gasteiger partial charge on any atom is -0.455 e. The van der Waals surface area contributed by atoms with E-state index >= 15 is 0 Å². The predicted octanol–water partition coefficient (Wildman–Crippen LogP) is 3.60. The normalized spacial score (nSPS) is 10.5. The first-order chi connectivity index (χ1) is 9.20. The lowest BCUT2D eigenvalue weighted by molar-refractivity contribution is 0.472. The molecule has 19 heavy (non-hydrogen) atoms. The second-order valence-electron chi connectivity index (χ2n) is 4.57. The minimum atomic E-state index is 0.810. The fourth-order valence-electron chi connectivity index (χ4n) is 1.90. The molecule has 0 aliphatic rings. The molecule has 2 aromatic rings. The van der Waals surface area contributed by atoms with E-state index in [1.165, 1.54) is 5.56 Å². The van der Waals surface area contributed by atoms with Crippen LogP contribution >= 0.6 is 0 Å². The predicted molar refractivity (Wildman–Crippen MR) is 77.6 cm³/mol. The minimum absolute atomic E-state index is 0.810. The van der Waals surface area contributed by atoms with Crippen molar-refractivity contribution in [2.75, 3.05) is 6.54 Å². The maximum Gasteiger partial charge on any atom is 0.148 e. The highest BCUT2D eigenvalue weighted by atomic mass is 16.5. The molecule has 0 radical (unpaired) electrons. The van der Waals surface area contributed by atoms with E-state index in [0.29, 0.717) is 0 Å². The Morgan fingerprint density at radius 2 is 2.00 bits per heavy atom. The monoisotopic (exact) mass is 256 g/mol. The van der Waals surface area contributed by atoms with Gasteiger partial charge in [0.05, 0.1) is 5.69 Å². The topological polar surface area (TPSA) is 34.1 Å². The van der Waals surface area contributed by atoms with Gasteiger partial charge in [-0.3, -0.25) is 4.98 Å². The van der Waals surface area contributed by atoms with Gasteiger partial charge in [0.15, 0.2) is 0 Å². The highest BCUT2D eigenvalue weighted by molar-refractivity contribution is 5.40. The first-order valence-corrected chi connectivity index (χ1v) is 6.60. The molecule has 0 fully saturated rings. The summed E-state index contributed by atoms with van der Waals surface area (Å²) in [5.74, 6) is 1.70. The maximum atomic E-state index is 5.92. The summed E-state index contributed by atoms with van der Waals surface area (Å²) in [6.07, 6.45) is 1.77. The van der Waals surface area contributed by atoms with E-state index in [1.807, 2.05) is 25.1 Å². The van der Waals surface area contributed by atoms with Crippen molar-refractivity contribution in [1.82, 2.24) is 10.3 Å². The number of nitrogens with one attached hydrogen (secondary N) is 1. The molecule has 1 N–H and O–H groups in total. The molecule has 0 saturated heterocycles. The van der Waals surface area contributed by atoms with Crippen LogP contribution in [0.1, 0.15) is 23.7 Å². The molecular formula is C16H20N2O.